The molecule has 4 heteroatoms. The van der Waals surface area contributed by atoms with Crippen molar-refractivity contribution in [2.75, 3.05) is 0 Å². The molecule has 0 bridgehead atoms. The second-order valence-electron chi connectivity index (χ2n) is 5.90. The lowest BCUT2D eigenvalue weighted by Crippen LogP contribution is -1.97. The highest BCUT2D eigenvalue weighted by Crippen LogP contribution is 2.30. The zero-order valence-electron chi connectivity index (χ0n) is 13.5. The first-order valence-corrected chi connectivity index (χ1v) is 8.66. The Morgan fingerprint density at radius 2 is 1.88 bits per heavy atom. The van der Waals surface area contributed by atoms with Gasteiger partial charge in [0.2, 0.25) is 0 Å². The summed E-state index contributed by atoms with van der Waals surface area (Å²) in [6.07, 6.45) is 1.09. The number of hydrogen-bond acceptors (Lipinski definition) is 2. The van der Waals surface area contributed by atoms with Crippen LogP contribution in [0.2, 0.25) is 5.02 Å². The van der Waals surface area contributed by atoms with E-state index < -0.39 is 5.24 Å². The van der Waals surface area contributed by atoms with Crippen molar-refractivity contribution in [3.63, 3.8) is 0 Å². The van der Waals surface area contributed by atoms with Crippen molar-refractivity contribution in [3.05, 3.63) is 64.7 Å². The van der Waals surface area contributed by atoms with Gasteiger partial charge in [0.05, 0.1) is 16.2 Å². The number of carbonyl (C=O) groups is 1. The van der Waals surface area contributed by atoms with Crippen molar-refractivity contribution in [1.82, 2.24) is 4.98 Å². The van der Waals surface area contributed by atoms with Crippen LogP contribution < -0.4 is 0 Å². The van der Waals surface area contributed by atoms with Gasteiger partial charge in [0.25, 0.3) is 5.24 Å². The first kappa shape index (κ1) is 16.9. The lowest BCUT2D eigenvalue weighted by Gasteiger charge is -2.11. The molecule has 0 N–H and O–H groups in total. The Balaban J connectivity index is 2.16. The van der Waals surface area contributed by atoms with Crippen molar-refractivity contribution in [2.24, 2.45) is 0 Å². The van der Waals surface area contributed by atoms with Gasteiger partial charge in [-0.15, -0.1) is 0 Å². The predicted molar refractivity (Wildman–Crippen MR) is 101 cm³/mol. The second kappa shape index (κ2) is 6.92. The van der Waals surface area contributed by atoms with Crippen LogP contribution in [0.3, 0.4) is 0 Å². The van der Waals surface area contributed by atoms with Gasteiger partial charge in [0, 0.05) is 16.5 Å². The third kappa shape index (κ3) is 3.17. The Hall–Kier alpha value is -1.90. The van der Waals surface area contributed by atoms with Gasteiger partial charge >= 0.3 is 0 Å². The molecule has 122 valence electrons. The summed E-state index contributed by atoms with van der Waals surface area (Å²) < 4.78 is 0. The van der Waals surface area contributed by atoms with Crippen LogP contribution in [0, 0.1) is 0 Å². The Morgan fingerprint density at radius 1 is 1.17 bits per heavy atom. The summed E-state index contributed by atoms with van der Waals surface area (Å²) in [7, 11) is 0. The molecule has 0 fully saturated rings. The SMILES string of the molecule is CC[C@H](C)c1ccc(-c2cc(C(=O)Cl)c3cccc(Cl)c3n2)cc1. The van der Waals surface area contributed by atoms with Crippen molar-refractivity contribution < 1.29 is 4.79 Å². The van der Waals surface area contributed by atoms with Crippen LogP contribution in [0.4, 0.5) is 0 Å². The largest absolute Gasteiger partial charge is 0.276 e. The number of nitrogens with zero attached hydrogens (tertiary/aromatic N) is 1. The van der Waals surface area contributed by atoms with E-state index in [0.717, 1.165) is 12.0 Å². The topological polar surface area (TPSA) is 30.0 Å². The van der Waals surface area contributed by atoms with Crippen LogP contribution in [0.15, 0.2) is 48.5 Å². The highest BCUT2D eigenvalue weighted by molar-refractivity contribution is 6.68. The van der Waals surface area contributed by atoms with E-state index >= 15 is 0 Å². The Kier molecular flexibility index (Phi) is 4.88. The van der Waals surface area contributed by atoms with E-state index in [0.29, 0.717) is 33.1 Å². The molecule has 0 unspecified atom stereocenters. The number of aromatic nitrogens is 1. The van der Waals surface area contributed by atoms with E-state index in [4.69, 9.17) is 23.2 Å². The fourth-order valence-corrected chi connectivity index (χ4v) is 3.12. The number of benzene rings is 2. The summed E-state index contributed by atoms with van der Waals surface area (Å²) in [6, 6.07) is 15.3. The molecule has 3 aromatic rings. The number of hydrogen-bond donors (Lipinski definition) is 0. The Morgan fingerprint density at radius 3 is 2.50 bits per heavy atom. The molecule has 0 aliphatic heterocycles. The monoisotopic (exact) mass is 357 g/mol. The fraction of sp³-hybridized carbons (Fsp3) is 0.200. The number of halogens is 2. The molecule has 1 aromatic heterocycles. The highest BCUT2D eigenvalue weighted by atomic mass is 35.5. The molecule has 0 aliphatic rings. The van der Waals surface area contributed by atoms with Gasteiger partial charge in [-0.1, -0.05) is 61.8 Å². The molecule has 0 aliphatic carbocycles. The summed E-state index contributed by atoms with van der Waals surface area (Å²) >= 11 is 12.0. The van der Waals surface area contributed by atoms with E-state index in [9.17, 15) is 4.79 Å². The summed E-state index contributed by atoms with van der Waals surface area (Å²) in [5.74, 6) is 0.512. The van der Waals surface area contributed by atoms with Gasteiger partial charge < -0.3 is 0 Å². The Labute approximate surface area is 151 Å². The lowest BCUT2D eigenvalue weighted by atomic mass is 9.96. The summed E-state index contributed by atoms with van der Waals surface area (Å²) in [5.41, 5.74) is 3.92. The maximum atomic E-state index is 11.8. The van der Waals surface area contributed by atoms with E-state index in [1.54, 1.807) is 24.3 Å². The number of para-hydroxylation sites is 1. The fourth-order valence-electron chi connectivity index (χ4n) is 2.74. The summed E-state index contributed by atoms with van der Waals surface area (Å²) in [5, 5.41) is 0.661. The van der Waals surface area contributed by atoms with Gasteiger partial charge in [-0.25, -0.2) is 4.98 Å². The number of carbonyl (C=O) groups excluding carboxylic acids is 1. The molecule has 1 heterocycles. The molecular formula is C20H17Cl2NO. The van der Waals surface area contributed by atoms with Crippen molar-refractivity contribution in [3.8, 4) is 11.3 Å². The van der Waals surface area contributed by atoms with Crippen LogP contribution in [0.25, 0.3) is 22.2 Å². The molecule has 0 radical (unpaired) electrons. The maximum absolute atomic E-state index is 11.8. The maximum Gasteiger partial charge on any atom is 0.253 e. The van der Waals surface area contributed by atoms with E-state index in [2.05, 4.69) is 31.0 Å². The van der Waals surface area contributed by atoms with Gasteiger partial charge in [0.15, 0.2) is 0 Å². The average Bonchev–Trinajstić information content (AvgIpc) is 2.60. The van der Waals surface area contributed by atoms with Crippen LogP contribution in [0.5, 0.6) is 0 Å². The minimum Gasteiger partial charge on any atom is -0.276 e. The molecule has 2 aromatic carbocycles. The standard InChI is InChI=1S/C20H17Cl2NO/c1-3-12(2)13-7-9-14(10-8-13)18-11-16(20(22)24)15-5-4-6-17(21)19(15)23-18/h4-12H,3H2,1-2H3/t12-/m0/s1. The van der Waals surface area contributed by atoms with Gasteiger partial charge in [-0.3, -0.25) is 4.79 Å². The van der Waals surface area contributed by atoms with Crippen LogP contribution in [-0.4, -0.2) is 10.2 Å². The molecule has 24 heavy (non-hydrogen) atoms. The molecule has 2 nitrogen and oxygen atoms in total. The van der Waals surface area contributed by atoms with Crippen molar-refractivity contribution >= 4 is 39.3 Å². The van der Waals surface area contributed by atoms with E-state index in [1.807, 2.05) is 12.1 Å². The molecule has 0 saturated heterocycles. The molecule has 1 atom stereocenters. The average molecular weight is 358 g/mol. The first-order valence-electron chi connectivity index (χ1n) is 7.90. The molecular weight excluding hydrogens is 341 g/mol. The number of rotatable bonds is 4. The van der Waals surface area contributed by atoms with Gasteiger partial charge in [-0.2, -0.15) is 0 Å². The van der Waals surface area contributed by atoms with Crippen LogP contribution in [-0.2, 0) is 0 Å². The summed E-state index contributed by atoms with van der Waals surface area (Å²) in [4.78, 5) is 16.5. The molecule has 0 amide bonds. The number of pyridine rings is 1. The molecule has 0 saturated carbocycles. The Bertz CT molecular complexity index is 903. The quantitative estimate of drug-likeness (QED) is 0.502. The zero-order valence-corrected chi connectivity index (χ0v) is 15.0. The van der Waals surface area contributed by atoms with E-state index in [1.165, 1.54) is 5.56 Å². The second-order valence-corrected chi connectivity index (χ2v) is 6.65. The van der Waals surface area contributed by atoms with E-state index in [-0.39, 0.29) is 0 Å². The third-order valence-electron chi connectivity index (χ3n) is 4.39. The highest BCUT2D eigenvalue weighted by Gasteiger charge is 2.14. The number of fused-ring (bicyclic) bond motifs is 1. The van der Waals surface area contributed by atoms with Crippen LogP contribution >= 0.6 is 23.2 Å². The normalized spacial score (nSPS) is 12.3. The smallest absolute Gasteiger partial charge is 0.253 e. The van der Waals surface area contributed by atoms with Crippen molar-refractivity contribution in [1.29, 1.82) is 0 Å². The molecule has 3 rings (SSSR count). The zero-order chi connectivity index (χ0) is 17.3. The third-order valence-corrected chi connectivity index (χ3v) is 4.90. The minimum atomic E-state index is -0.512. The van der Waals surface area contributed by atoms with Crippen molar-refractivity contribution in [2.45, 2.75) is 26.2 Å². The predicted octanol–water partition coefficient (Wildman–Crippen LogP) is 6.45. The summed E-state index contributed by atoms with van der Waals surface area (Å²) in [6.45, 7) is 4.37. The van der Waals surface area contributed by atoms with Gasteiger partial charge in [-0.05, 0) is 41.6 Å². The minimum absolute atomic E-state index is 0.421. The van der Waals surface area contributed by atoms with Gasteiger partial charge in [0.1, 0.15) is 0 Å². The van der Waals surface area contributed by atoms with Crippen LogP contribution in [0.1, 0.15) is 42.1 Å². The lowest BCUT2D eigenvalue weighted by molar-refractivity contribution is 0.108. The molecule has 0 spiro atoms. The first-order chi connectivity index (χ1) is 11.5.